The zero-order valence-corrected chi connectivity index (χ0v) is 32.4. The highest BCUT2D eigenvalue weighted by molar-refractivity contribution is 5.98. The van der Waals surface area contributed by atoms with Gasteiger partial charge in [-0.3, -0.25) is 0 Å². The number of pyridine rings is 2. The molecule has 0 spiro atoms. The molecule has 0 saturated heterocycles. The number of fused-ring (bicyclic) bond motifs is 12. The van der Waals surface area contributed by atoms with Gasteiger partial charge in [0.05, 0.1) is 22.4 Å². The normalized spacial score (nSPS) is 15.1. The van der Waals surface area contributed by atoms with Gasteiger partial charge in [-0.1, -0.05) is 158 Å². The molecule has 0 aliphatic heterocycles. The van der Waals surface area contributed by atoms with Crippen LogP contribution in [0.3, 0.4) is 0 Å². The van der Waals surface area contributed by atoms with Crippen molar-refractivity contribution in [2.75, 3.05) is 0 Å². The first-order valence-corrected chi connectivity index (χ1v) is 20.6. The summed E-state index contributed by atoms with van der Waals surface area (Å²) in [6.07, 6.45) is 1.00. The van der Waals surface area contributed by atoms with E-state index in [1.807, 2.05) is 0 Å². The Hall–Kier alpha value is -7.42. The SMILES string of the molecule is c1ccc(-c2cc(-c3ccccc3)cc(-c3nc4ccccc4c4c3C3CC4c4c(-c5cc(-c6ccccc6)cc(-c6ccccc6)c5)nc5ccccc5c43)c2)cc1. The van der Waals surface area contributed by atoms with E-state index < -0.39 is 0 Å². The summed E-state index contributed by atoms with van der Waals surface area (Å²) in [5.41, 5.74) is 21.7. The van der Waals surface area contributed by atoms with Crippen LogP contribution in [0.2, 0.25) is 0 Å². The highest BCUT2D eigenvalue weighted by atomic mass is 14.8. The summed E-state index contributed by atoms with van der Waals surface area (Å²) in [6, 6.07) is 74.7. The molecule has 2 heteroatoms. The molecule has 2 aromatic heterocycles. The summed E-state index contributed by atoms with van der Waals surface area (Å²) in [5, 5.41) is 2.49. The first kappa shape index (κ1) is 33.7. The van der Waals surface area contributed by atoms with Gasteiger partial charge in [0.1, 0.15) is 0 Å². The molecule has 0 fully saturated rings. The van der Waals surface area contributed by atoms with Crippen molar-refractivity contribution >= 4 is 21.8 Å². The van der Waals surface area contributed by atoms with Gasteiger partial charge < -0.3 is 0 Å². The Balaban J connectivity index is 1.12. The molecule has 2 aliphatic rings. The lowest BCUT2D eigenvalue weighted by Crippen LogP contribution is -2.11. The van der Waals surface area contributed by atoms with Crippen molar-refractivity contribution < 1.29 is 0 Å². The highest BCUT2D eigenvalue weighted by Gasteiger charge is 2.47. The molecule has 10 aromatic rings. The topological polar surface area (TPSA) is 25.8 Å². The monoisotopic (exact) mass is 750 g/mol. The Morgan fingerprint density at radius 1 is 0.271 bits per heavy atom. The average Bonchev–Trinajstić information content (AvgIpc) is 3.91. The van der Waals surface area contributed by atoms with E-state index >= 15 is 0 Å². The molecule has 2 aliphatic carbocycles. The van der Waals surface area contributed by atoms with Crippen LogP contribution in [0.4, 0.5) is 0 Å². The number of benzene rings is 8. The van der Waals surface area contributed by atoms with Crippen LogP contribution in [-0.2, 0) is 0 Å². The third kappa shape index (κ3) is 5.56. The summed E-state index contributed by atoms with van der Waals surface area (Å²) in [5.74, 6) is 0.352. The molecule has 276 valence electrons. The fraction of sp³-hybridized carbons (Fsp3) is 0.0526. The van der Waals surface area contributed by atoms with Crippen LogP contribution in [0.1, 0.15) is 40.5 Å². The maximum Gasteiger partial charge on any atom is 0.0751 e. The van der Waals surface area contributed by atoms with Crippen LogP contribution in [0, 0.1) is 0 Å². The minimum absolute atomic E-state index is 0.176. The van der Waals surface area contributed by atoms with Crippen molar-refractivity contribution in [1.29, 1.82) is 0 Å². The first-order valence-electron chi connectivity index (χ1n) is 20.6. The number of para-hydroxylation sites is 2. The molecule has 0 amide bonds. The minimum atomic E-state index is 0.176. The summed E-state index contributed by atoms with van der Waals surface area (Å²) in [4.78, 5) is 11.2. The van der Waals surface area contributed by atoms with Crippen molar-refractivity contribution in [3.63, 3.8) is 0 Å². The lowest BCUT2D eigenvalue weighted by atomic mass is 9.79. The molecule has 0 saturated carbocycles. The summed E-state index contributed by atoms with van der Waals surface area (Å²) in [6.45, 7) is 0. The van der Waals surface area contributed by atoms with E-state index in [0.717, 1.165) is 40.0 Å². The molecule has 2 bridgehead atoms. The number of nitrogens with zero attached hydrogens (tertiary/aromatic N) is 2. The lowest BCUT2D eigenvalue weighted by Gasteiger charge is -2.27. The van der Waals surface area contributed by atoms with Crippen molar-refractivity contribution in [1.82, 2.24) is 9.97 Å². The Morgan fingerprint density at radius 3 is 0.898 bits per heavy atom. The first-order chi connectivity index (χ1) is 29.2. The quantitative estimate of drug-likeness (QED) is 0.169. The van der Waals surface area contributed by atoms with Gasteiger partial charge in [-0.25, -0.2) is 9.97 Å². The van der Waals surface area contributed by atoms with E-state index in [0.29, 0.717) is 0 Å². The second-order valence-corrected chi connectivity index (χ2v) is 16.0. The predicted molar refractivity (Wildman–Crippen MR) is 244 cm³/mol. The van der Waals surface area contributed by atoms with Crippen molar-refractivity contribution in [2.45, 2.75) is 18.3 Å². The van der Waals surface area contributed by atoms with Crippen LogP contribution in [0.25, 0.3) is 88.8 Å². The second kappa shape index (κ2) is 13.6. The van der Waals surface area contributed by atoms with Crippen LogP contribution >= 0.6 is 0 Å². The predicted octanol–water partition coefficient (Wildman–Crippen LogP) is 14.8. The summed E-state index contributed by atoms with van der Waals surface area (Å²) in [7, 11) is 0. The molecule has 2 unspecified atom stereocenters. The molecule has 2 heterocycles. The van der Waals surface area contributed by atoms with Gasteiger partial charge >= 0.3 is 0 Å². The van der Waals surface area contributed by atoms with Crippen molar-refractivity contribution in [2.24, 2.45) is 0 Å². The highest BCUT2D eigenvalue weighted by Crippen LogP contribution is 2.63. The van der Waals surface area contributed by atoms with E-state index in [1.165, 1.54) is 77.5 Å². The molecule has 12 rings (SSSR count). The lowest BCUT2D eigenvalue weighted by molar-refractivity contribution is 0.799. The third-order valence-corrected chi connectivity index (χ3v) is 12.7. The molecule has 8 aromatic carbocycles. The molecular formula is C57H38N2. The van der Waals surface area contributed by atoms with Crippen molar-refractivity contribution in [3.8, 4) is 67.0 Å². The number of hydrogen-bond donors (Lipinski definition) is 0. The van der Waals surface area contributed by atoms with Crippen molar-refractivity contribution in [3.05, 3.63) is 229 Å². The largest absolute Gasteiger partial charge is 0.247 e. The maximum absolute atomic E-state index is 5.61. The Morgan fingerprint density at radius 2 is 0.559 bits per heavy atom. The average molecular weight is 751 g/mol. The van der Waals surface area contributed by atoms with Gasteiger partial charge in [0.25, 0.3) is 0 Å². The molecule has 0 radical (unpaired) electrons. The Labute approximate surface area is 344 Å². The fourth-order valence-electron chi connectivity index (χ4n) is 10.1. The van der Waals surface area contributed by atoms with E-state index in [2.05, 4.69) is 206 Å². The maximum atomic E-state index is 5.61. The molecule has 0 N–H and O–H groups in total. The smallest absolute Gasteiger partial charge is 0.0751 e. The van der Waals surface area contributed by atoms with Crippen LogP contribution in [0.5, 0.6) is 0 Å². The van der Waals surface area contributed by atoms with Gasteiger partial charge in [-0.05, 0) is 122 Å². The zero-order valence-electron chi connectivity index (χ0n) is 32.4. The number of hydrogen-bond acceptors (Lipinski definition) is 2. The van der Waals surface area contributed by atoms with Crippen LogP contribution < -0.4 is 0 Å². The zero-order chi connectivity index (χ0) is 38.9. The van der Waals surface area contributed by atoms with E-state index in [-0.39, 0.29) is 11.8 Å². The second-order valence-electron chi connectivity index (χ2n) is 16.0. The van der Waals surface area contributed by atoms with Crippen LogP contribution in [0.15, 0.2) is 206 Å². The third-order valence-electron chi connectivity index (χ3n) is 12.7. The van der Waals surface area contributed by atoms with E-state index in [4.69, 9.17) is 9.97 Å². The van der Waals surface area contributed by atoms with Gasteiger partial charge in [0.2, 0.25) is 0 Å². The Kier molecular flexibility index (Phi) is 7.77. The number of rotatable bonds is 6. The van der Waals surface area contributed by atoms with E-state index in [9.17, 15) is 0 Å². The molecular weight excluding hydrogens is 713 g/mol. The fourth-order valence-corrected chi connectivity index (χ4v) is 10.1. The standard InChI is InChI=1S/C57H38N2/c1-5-17-36(18-6-1)40-29-41(37-19-7-2-8-20-37)32-44(31-40)56-54-48-35-49(52(54)46-25-13-15-27-50(46)58-56)55-53(48)47-26-14-16-28-51(47)59-57(55)45-33-42(38-21-9-3-10-22-38)30-43(34-45)39-23-11-4-12-24-39/h1-34,48-49H,35H2. The van der Waals surface area contributed by atoms with Gasteiger partial charge in [0, 0.05) is 33.7 Å². The van der Waals surface area contributed by atoms with Gasteiger partial charge in [-0.2, -0.15) is 0 Å². The Bertz CT molecular complexity index is 2890. The van der Waals surface area contributed by atoms with Gasteiger partial charge in [0.15, 0.2) is 0 Å². The van der Waals surface area contributed by atoms with E-state index in [1.54, 1.807) is 0 Å². The minimum Gasteiger partial charge on any atom is -0.247 e. The van der Waals surface area contributed by atoms with Gasteiger partial charge in [-0.15, -0.1) is 0 Å². The van der Waals surface area contributed by atoms with Crippen LogP contribution in [-0.4, -0.2) is 9.97 Å². The molecule has 2 nitrogen and oxygen atoms in total. The summed E-state index contributed by atoms with van der Waals surface area (Å²) >= 11 is 0. The molecule has 2 atom stereocenters. The molecule has 59 heavy (non-hydrogen) atoms. The number of aromatic nitrogens is 2. The summed E-state index contributed by atoms with van der Waals surface area (Å²) < 4.78 is 0.